The second-order valence-corrected chi connectivity index (χ2v) is 6.96. The summed E-state index contributed by atoms with van der Waals surface area (Å²) in [6.45, 7) is 0.949. The summed E-state index contributed by atoms with van der Waals surface area (Å²) in [5.41, 5.74) is 2.57. The summed E-state index contributed by atoms with van der Waals surface area (Å²) in [7, 11) is 1.51. The molecule has 2 aromatic carbocycles. The molecule has 3 rings (SSSR count). The van der Waals surface area contributed by atoms with Crippen LogP contribution in [0.4, 0.5) is 5.69 Å². The maximum Gasteiger partial charge on any atom is 0.308 e. The summed E-state index contributed by atoms with van der Waals surface area (Å²) in [4.78, 5) is 49.7. The molecule has 0 aliphatic carbocycles. The number of nitrogens with one attached hydrogen (secondary N) is 2. The van der Waals surface area contributed by atoms with Crippen LogP contribution < -0.4 is 10.6 Å². The van der Waals surface area contributed by atoms with Gasteiger partial charge in [-0.05, 0) is 35.4 Å². The zero-order valence-corrected chi connectivity index (χ0v) is 17.3. The van der Waals surface area contributed by atoms with Crippen molar-refractivity contribution in [2.45, 2.75) is 19.4 Å². The first-order chi connectivity index (χ1) is 14.9. The van der Waals surface area contributed by atoms with E-state index in [1.54, 1.807) is 24.4 Å². The van der Waals surface area contributed by atoms with E-state index in [9.17, 15) is 19.2 Å². The fraction of sp³-hybridized carbons (Fsp3) is 0.217. The minimum absolute atomic E-state index is 0.0830. The van der Waals surface area contributed by atoms with Crippen LogP contribution in [0.1, 0.15) is 40.9 Å². The Balaban J connectivity index is 1.59. The highest BCUT2D eigenvalue weighted by Gasteiger charge is 2.28. The van der Waals surface area contributed by atoms with Crippen LogP contribution in [0.3, 0.4) is 0 Å². The van der Waals surface area contributed by atoms with Gasteiger partial charge in [0.05, 0.1) is 12.5 Å². The predicted octanol–water partition coefficient (Wildman–Crippen LogP) is 2.49. The van der Waals surface area contributed by atoms with Crippen LogP contribution in [0.5, 0.6) is 0 Å². The van der Waals surface area contributed by atoms with Crippen molar-refractivity contribution in [2.24, 2.45) is 0 Å². The monoisotopic (exact) mass is 421 g/mol. The Hall–Kier alpha value is -3.94. The quantitative estimate of drug-likeness (QED) is 0.698. The van der Waals surface area contributed by atoms with Gasteiger partial charge < -0.3 is 20.3 Å². The van der Waals surface area contributed by atoms with Crippen LogP contribution in [0.2, 0.25) is 0 Å². The van der Waals surface area contributed by atoms with E-state index in [1.807, 2.05) is 30.3 Å². The lowest BCUT2D eigenvalue weighted by atomic mass is 9.94. The maximum absolute atomic E-state index is 12.4. The molecule has 2 aromatic rings. The predicted molar refractivity (Wildman–Crippen MR) is 115 cm³/mol. The first-order valence-electron chi connectivity index (χ1n) is 9.72. The van der Waals surface area contributed by atoms with Crippen LogP contribution in [0.25, 0.3) is 6.08 Å². The fourth-order valence-corrected chi connectivity index (χ4v) is 3.36. The Kier molecular flexibility index (Phi) is 6.81. The molecule has 31 heavy (non-hydrogen) atoms. The highest BCUT2D eigenvalue weighted by atomic mass is 16.5. The van der Waals surface area contributed by atoms with Crippen LogP contribution in [-0.4, -0.2) is 42.2 Å². The molecule has 0 saturated carbocycles. The minimum Gasteiger partial charge on any atom is -0.455 e. The van der Waals surface area contributed by atoms with Gasteiger partial charge in [0.2, 0.25) is 5.91 Å². The van der Waals surface area contributed by atoms with Gasteiger partial charge in [-0.25, -0.2) is 0 Å². The molecule has 8 nitrogen and oxygen atoms in total. The molecule has 0 unspecified atom stereocenters. The van der Waals surface area contributed by atoms with Crippen molar-refractivity contribution in [3.8, 4) is 0 Å². The molecule has 1 heterocycles. The standard InChI is InChI=1S/C23H23N3O5/c1-15(27)26-11-10-16-6-3-4-9-19(16)20(26)13-22(29)31-14-21(28)25-18-8-5-7-17(12-18)23(30)24-2/h3-12,20H,13-14H2,1-2H3,(H,24,30)(H,25,28)/t20-/m1/s1. The Morgan fingerprint density at radius 1 is 1.06 bits per heavy atom. The number of hydrogen-bond donors (Lipinski definition) is 2. The van der Waals surface area contributed by atoms with Gasteiger partial charge in [-0.2, -0.15) is 0 Å². The smallest absolute Gasteiger partial charge is 0.308 e. The first-order valence-corrected chi connectivity index (χ1v) is 9.72. The number of rotatable bonds is 6. The molecule has 0 bridgehead atoms. The summed E-state index contributed by atoms with van der Waals surface area (Å²) < 4.78 is 5.13. The third-order valence-corrected chi connectivity index (χ3v) is 4.83. The molecular weight excluding hydrogens is 398 g/mol. The number of ether oxygens (including phenoxy) is 1. The number of nitrogens with zero attached hydrogens (tertiary/aromatic N) is 1. The molecule has 0 spiro atoms. The van der Waals surface area contributed by atoms with Crippen molar-refractivity contribution < 1.29 is 23.9 Å². The van der Waals surface area contributed by atoms with E-state index in [-0.39, 0.29) is 18.2 Å². The number of carbonyl (C=O) groups excluding carboxylic acids is 4. The summed E-state index contributed by atoms with van der Waals surface area (Å²) in [6, 6.07) is 13.4. The van der Waals surface area contributed by atoms with E-state index in [2.05, 4.69) is 10.6 Å². The molecule has 8 heteroatoms. The molecule has 160 valence electrons. The summed E-state index contributed by atoms with van der Waals surface area (Å²) in [6.07, 6.45) is 3.38. The Bertz CT molecular complexity index is 1050. The van der Waals surface area contributed by atoms with Crippen molar-refractivity contribution in [3.63, 3.8) is 0 Å². The number of carbonyl (C=O) groups is 4. The number of fused-ring (bicyclic) bond motifs is 1. The van der Waals surface area contributed by atoms with Crippen molar-refractivity contribution in [2.75, 3.05) is 19.0 Å². The second kappa shape index (κ2) is 9.71. The van der Waals surface area contributed by atoms with Gasteiger partial charge in [0.25, 0.3) is 11.8 Å². The topological polar surface area (TPSA) is 105 Å². The maximum atomic E-state index is 12.4. The number of benzene rings is 2. The van der Waals surface area contributed by atoms with Crippen LogP contribution in [0.15, 0.2) is 54.7 Å². The zero-order valence-electron chi connectivity index (χ0n) is 17.3. The van der Waals surface area contributed by atoms with E-state index >= 15 is 0 Å². The van der Waals surface area contributed by atoms with Crippen LogP contribution in [-0.2, 0) is 19.1 Å². The number of esters is 1. The molecule has 0 aromatic heterocycles. The van der Waals surface area contributed by atoms with E-state index < -0.39 is 24.5 Å². The Labute approximate surface area is 179 Å². The van der Waals surface area contributed by atoms with Gasteiger partial charge in [-0.1, -0.05) is 30.3 Å². The highest BCUT2D eigenvalue weighted by Crippen LogP contribution is 2.33. The van der Waals surface area contributed by atoms with E-state index in [0.717, 1.165) is 11.1 Å². The van der Waals surface area contributed by atoms with Gasteiger partial charge >= 0.3 is 5.97 Å². The lowest BCUT2D eigenvalue weighted by molar-refractivity contribution is -0.149. The molecule has 2 N–H and O–H groups in total. The molecule has 0 saturated heterocycles. The third-order valence-electron chi connectivity index (χ3n) is 4.83. The number of hydrogen-bond acceptors (Lipinski definition) is 5. The summed E-state index contributed by atoms with van der Waals surface area (Å²) >= 11 is 0. The molecule has 1 aliphatic heterocycles. The molecule has 3 amide bonds. The average Bonchev–Trinajstić information content (AvgIpc) is 2.77. The number of amides is 3. The lowest BCUT2D eigenvalue weighted by Gasteiger charge is -2.32. The van der Waals surface area contributed by atoms with E-state index in [4.69, 9.17) is 4.74 Å². The fourth-order valence-electron chi connectivity index (χ4n) is 3.36. The largest absolute Gasteiger partial charge is 0.455 e. The van der Waals surface area contributed by atoms with Gasteiger partial charge in [0, 0.05) is 31.4 Å². The molecule has 0 radical (unpaired) electrons. The van der Waals surface area contributed by atoms with Gasteiger partial charge in [0.1, 0.15) is 0 Å². The number of anilines is 1. The van der Waals surface area contributed by atoms with Crippen molar-refractivity contribution in [3.05, 3.63) is 71.4 Å². The molecular formula is C23H23N3O5. The average molecular weight is 421 g/mol. The first kappa shape index (κ1) is 21.8. The zero-order chi connectivity index (χ0) is 22.4. The minimum atomic E-state index is -0.601. The van der Waals surface area contributed by atoms with Crippen molar-refractivity contribution in [1.29, 1.82) is 0 Å². The molecule has 1 aliphatic rings. The van der Waals surface area contributed by atoms with Gasteiger partial charge in [0.15, 0.2) is 6.61 Å². The highest BCUT2D eigenvalue weighted by molar-refractivity contribution is 5.97. The lowest BCUT2D eigenvalue weighted by Crippen LogP contribution is -2.33. The van der Waals surface area contributed by atoms with Crippen LogP contribution in [0, 0.1) is 0 Å². The Morgan fingerprint density at radius 2 is 1.84 bits per heavy atom. The van der Waals surface area contributed by atoms with Crippen LogP contribution >= 0.6 is 0 Å². The molecule has 0 fully saturated rings. The van der Waals surface area contributed by atoms with Gasteiger partial charge in [-0.3, -0.25) is 19.2 Å². The SMILES string of the molecule is CNC(=O)c1cccc(NC(=O)COC(=O)C[C@@H]2c3ccccc3C=CN2C(C)=O)c1. The Morgan fingerprint density at radius 3 is 2.58 bits per heavy atom. The van der Waals surface area contributed by atoms with E-state index in [1.165, 1.54) is 24.9 Å². The van der Waals surface area contributed by atoms with Gasteiger partial charge in [-0.15, -0.1) is 0 Å². The summed E-state index contributed by atoms with van der Waals surface area (Å²) in [5.74, 6) is -1.61. The molecule has 1 atom stereocenters. The third kappa shape index (κ3) is 5.36. The van der Waals surface area contributed by atoms with E-state index in [0.29, 0.717) is 11.3 Å². The van der Waals surface area contributed by atoms with Crippen molar-refractivity contribution in [1.82, 2.24) is 10.2 Å². The summed E-state index contributed by atoms with van der Waals surface area (Å²) in [5, 5.41) is 5.10. The normalized spacial score (nSPS) is 14.4. The second-order valence-electron chi connectivity index (χ2n) is 6.96. The van der Waals surface area contributed by atoms with Crippen molar-refractivity contribution >= 4 is 35.5 Å².